The number of nitrogens with one attached hydrogen (secondary N) is 1. The van der Waals surface area contributed by atoms with Crippen LogP contribution in [0.4, 0.5) is 0 Å². The molecule has 32 heavy (non-hydrogen) atoms. The van der Waals surface area contributed by atoms with Gasteiger partial charge in [-0.25, -0.2) is 4.98 Å². The van der Waals surface area contributed by atoms with E-state index >= 15 is 0 Å². The van der Waals surface area contributed by atoms with Crippen molar-refractivity contribution in [3.05, 3.63) is 70.7 Å². The highest BCUT2D eigenvalue weighted by molar-refractivity contribution is 7.13. The first kappa shape index (κ1) is 21.2. The van der Waals surface area contributed by atoms with Crippen LogP contribution in [0.1, 0.15) is 42.1 Å². The number of fused-ring (bicyclic) bond motifs is 1. The molecule has 1 N–H and O–H groups in total. The van der Waals surface area contributed by atoms with Gasteiger partial charge in [0, 0.05) is 36.0 Å². The lowest BCUT2D eigenvalue weighted by molar-refractivity contribution is -0.122. The maximum Gasteiger partial charge on any atom is 0.226 e. The molecule has 3 aromatic rings. The van der Waals surface area contributed by atoms with Gasteiger partial charge in [0.15, 0.2) is 0 Å². The van der Waals surface area contributed by atoms with Crippen molar-refractivity contribution in [1.82, 2.24) is 15.2 Å². The number of hydrogen-bond acceptors (Lipinski definition) is 5. The molecule has 0 radical (unpaired) electrons. The molecule has 2 aromatic carbocycles. The Kier molecular flexibility index (Phi) is 5.74. The standard InChI is InChI=1S/C26H29N3O2S/c1-18-7-9-19(10-8-18)25-27-20(17-32-25)15-24(30)28-22-16-26(11-13-29(2)14-12-26)31-23-6-4-3-5-21(22)23/h3-10,17,22H,11-16H2,1-2H3,(H,28,30). The molecule has 166 valence electrons. The number of aromatic nitrogens is 1. The highest BCUT2D eigenvalue weighted by atomic mass is 32.1. The molecule has 2 aliphatic rings. The number of carbonyl (C=O) groups excluding carboxylic acids is 1. The van der Waals surface area contributed by atoms with Crippen molar-refractivity contribution in [2.75, 3.05) is 20.1 Å². The first-order chi connectivity index (χ1) is 15.5. The van der Waals surface area contributed by atoms with E-state index in [1.165, 1.54) is 5.56 Å². The zero-order valence-electron chi connectivity index (χ0n) is 18.6. The minimum atomic E-state index is -0.196. The van der Waals surface area contributed by atoms with Crippen LogP contribution in [-0.4, -0.2) is 41.5 Å². The number of likely N-dealkylation sites (tertiary alicyclic amines) is 1. The Bertz CT molecular complexity index is 1100. The summed E-state index contributed by atoms with van der Waals surface area (Å²) in [5.41, 5.74) is 4.01. The molecular formula is C26H29N3O2S. The number of rotatable bonds is 4. The van der Waals surface area contributed by atoms with Crippen LogP contribution >= 0.6 is 11.3 Å². The fourth-order valence-corrected chi connectivity index (χ4v) is 5.53. The molecule has 1 unspecified atom stereocenters. The third-order valence-corrected chi connectivity index (χ3v) is 7.56. The Morgan fingerprint density at radius 1 is 1.19 bits per heavy atom. The maximum atomic E-state index is 13.0. The summed E-state index contributed by atoms with van der Waals surface area (Å²) in [5.74, 6) is 0.916. The van der Waals surface area contributed by atoms with Crippen molar-refractivity contribution in [2.24, 2.45) is 0 Å². The Labute approximate surface area is 193 Å². The lowest BCUT2D eigenvalue weighted by Gasteiger charge is -2.46. The molecule has 5 nitrogen and oxygen atoms in total. The van der Waals surface area contributed by atoms with Crippen LogP contribution in [0, 0.1) is 6.92 Å². The lowest BCUT2D eigenvalue weighted by atomic mass is 9.80. The molecule has 2 aliphatic heterocycles. The van der Waals surface area contributed by atoms with Crippen LogP contribution < -0.4 is 10.1 Å². The number of thiazole rings is 1. The number of nitrogens with zero attached hydrogens (tertiary/aromatic N) is 2. The monoisotopic (exact) mass is 447 g/mol. The number of benzene rings is 2. The molecule has 1 saturated heterocycles. The molecule has 1 amide bonds. The van der Waals surface area contributed by atoms with Gasteiger partial charge in [-0.2, -0.15) is 0 Å². The highest BCUT2D eigenvalue weighted by Gasteiger charge is 2.43. The van der Waals surface area contributed by atoms with E-state index in [0.29, 0.717) is 0 Å². The number of ether oxygens (including phenoxy) is 1. The van der Waals surface area contributed by atoms with Gasteiger partial charge in [-0.3, -0.25) is 4.79 Å². The van der Waals surface area contributed by atoms with Gasteiger partial charge in [-0.05, 0) is 32.9 Å². The van der Waals surface area contributed by atoms with E-state index in [9.17, 15) is 4.79 Å². The summed E-state index contributed by atoms with van der Waals surface area (Å²) >= 11 is 1.59. The van der Waals surface area contributed by atoms with E-state index in [4.69, 9.17) is 9.72 Å². The Hall–Kier alpha value is -2.70. The van der Waals surface area contributed by atoms with Crippen LogP contribution in [0.25, 0.3) is 10.6 Å². The van der Waals surface area contributed by atoms with Crippen molar-refractivity contribution in [2.45, 2.75) is 44.2 Å². The van der Waals surface area contributed by atoms with E-state index in [1.54, 1.807) is 11.3 Å². The van der Waals surface area contributed by atoms with Gasteiger partial charge in [-0.15, -0.1) is 11.3 Å². The zero-order chi connectivity index (χ0) is 22.1. The molecule has 5 rings (SSSR count). The summed E-state index contributed by atoms with van der Waals surface area (Å²) in [6.07, 6.45) is 3.07. The summed E-state index contributed by atoms with van der Waals surface area (Å²) in [4.78, 5) is 20.1. The van der Waals surface area contributed by atoms with Crippen molar-refractivity contribution >= 4 is 17.2 Å². The normalized spacial score (nSPS) is 19.9. The summed E-state index contributed by atoms with van der Waals surface area (Å²) in [6, 6.07) is 16.4. The van der Waals surface area contributed by atoms with E-state index in [0.717, 1.165) is 59.9 Å². The minimum Gasteiger partial charge on any atom is -0.487 e. The second-order valence-corrected chi connectivity index (χ2v) is 10.00. The van der Waals surface area contributed by atoms with E-state index in [2.05, 4.69) is 54.5 Å². The molecule has 6 heteroatoms. The third-order valence-electron chi connectivity index (χ3n) is 6.62. The molecule has 0 aliphatic carbocycles. The zero-order valence-corrected chi connectivity index (χ0v) is 19.5. The highest BCUT2D eigenvalue weighted by Crippen LogP contribution is 2.44. The van der Waals surface area contributed by atoms with Gasteiger partial charge in [0.1, 0.15) is 16.4 Å². The summed E-state index contributed by atoms with van der Waals surface area (Å²) in [7, 11) is 2.15. The molecule has 0 saturated carbocycles. The predicted molar refractivity (Wildman–Crippen MR) is 128 cm³/mol. The van der Waals surface area contributed by atoms with Gasteiger partial charge in [-0.1, -0.05) is 48.0 Å². The van der Waals surface area contributed by atoms with E-state index < -0.39 is 0 Å². The SMILES string of the molecule is Cc1ccc(-c2nc(CC(=O)NC3CC4(CCN(C)CC4)Oc4ccccc43)cs2)cc1. The van der Waals surface area contributed by atoms with Gasteiger partial charge in [0.05, 0.1) is 18.2 Å². The summed E-state index contributed by atoms with van der Waals surface area (Å²) in [5, 5.41) is 6.24. The second kappa shape index (κ2) is 8.68. The Balaban J connectivity index is 1.30. The first-order valence-electron chi connectivity index (χ1n) is 11.3. The molecule has 1 fully saturated rings. The van der Waals surface area contributed by atoms with Gasteiger partial charge < -0.3 is 15.0 Å². The topological polar surface area (TPSA) is 54.5 Å². The van der Waals surface area contributed by atoms with Crippen LogP contribution in [-0.2, 0) is 11.2 Å². The van der Waals surface area contributed by atoms with Crippen LogP contribution in [0.15, 0.2) is 53.9 Å². The molecule has 1 aromatic heterocycles. The molecule has 1 spiro atoms. The molecule has 1 atom stereocenters. The van der Waals surface area contributed by atoms with Gasteiger partial charge in [0.2, 0.25) is 5.91 Å². The Morgan fingerprint density at radius 2 is 1.94 bits per heavy atom. The van der Waals surface area contributed by atoms with Crippen LogP contribution in [0.3, 0.4) is 0 Å². The smallest absolute Gasteiger partial charge is 0.226 e. The predicted octanol–water partition coefficient (Wildman–Crippen LogP) is 4.77. The molecule has 0 bridgehead atoms. The Morgan fingerprint density at radius 3 is 2.72 bits per heavy atom. The number of aryl methyl sites for hydroxylation is 1. The van der Waals surface area contributed by atoms with Crippen molar-refractivity contribution in [3.8, 4) is 16.3 Å². The fraction of sp³-hybridized carbons (Fsp3) is 0.385. The van der Waals surface area contributed by atoms with E-state index in [-0.39, 0.29) is 24.0 Å². The summed E-state index contributed by atoms with van der Waals surface area (Å²) in [6.45, 7) is 4.11. The van der Waals surface area contributed by atoms with Gasteiger partial charge >= 0.3 is 0 Å². The third kappa shape index (κ3) is 4.43. The van der Waals surface area contributed by atoms with Crippen LogP contribution in [0.5, 0.6) is 5.75 Å². The second-order valence-electron chi connectivity index (χ2n) is 9.14. The fourth-order valence-electron chi connectivity index (χ4n) is 4.71. The number of carbonyl (C=O) groups is 1. The molecular weight excluding hydrogens is 418 g/mol. The average Bonchev–Trinajstić information content (AvgIpc) is 3.25. The lowest BCUT2D eigenvalue weighted by Crippen LogP contribution is -2.51. The van der Waals surface area contributed by atoms with Crippen molar-refractivity contribution < 1.29 is 9.53 Å². The minimum absolute atomic E-state index is 0.00976. The van der Waals surface area contributed by atoms with Crippen LogP contribution in [0.2, 0.25) is 0 Å². The number of hydrogen-bond donors (Lipinski definition) is 1. The number of para-hydroxylation sites is 1. The number of piperidine rings is 1. The average molecular weight is 448 g/mol. The van der Waals surface area contributed by atoms with E-state index in [1.807, 2.05) is 23.6 Å². The largest absolute Gasteiger partial charge is 0.487 e. The summed E-state index contributed by atoms with van der Waals surface area (Å²) < 4.78 is 6.51. The van der Waals surface area contributed by atoms with Crippen molar-refractivity contribution in [1.29, 1.82) is 0 Å². The molecule has 3 heterocycles. The first-order valence-corrected chi connectivity index (χ1v) is 12.1. The van der Waals surface area contributed by atoms with Crippen molar-refractivity contribution in [3.63, 3.8) is 0 Å². The van der Waals surface area contributed by atoms with Gasteiger partial charge in [0.25, 0.3) is 0 Å². The quantitative estimate of drug-likeness (QED) is 0.626. The number of amides is 1. The maximum absolute atomic E-state index is 13.0.